The van der Waals surface area contributed by atoms with Crippen LogP contribution < -0.4 is 4.89 Å². The fourth-order valence-corrected chi connectivity index (χ4v) is 7.78. The molecular weight excluding hydrogens is 858 g/mol. The minimum atomic E-state index is -4.63. The molecule has 0 saturated heterocycles. The van der Waals surface area contributed by atoms with Crippen molar-refractivity contribution in [2.75, 3.05) is 47.5 Å². The van der Waals surface area contributed by atoms with Crippen molar-refractivity contribution >= 4 is 19.8 Å². The lowest BCUT2D eigenvalue weighted by molar-refractivity contribution is -0.870. The van der Waals surface area contributed by atoms with Gasteiger partial charge in [-0.3, -0.25) is 14.2 Å². The van der Waals surface area contributed by atoms with Crippen LogP contribution in [0.15, 0.2) is 85.1 Å². The summed E-state index contributed by atoms with van der Waals surface area (Å²) in [5, 5.41) is 0. The second-order valence-corrected chi connectivity index (χ2v) is 20.3. The van der Waals surface area contributed by atoms with E-state index in [0.29, 0.717) is 17.4 Å². The highest BCUT2D eigenvalue weighted by atomic mass is 31.2. The first-order valence-corrected chi connectivity index (χ1v) is 28.3. The molecule has 0 N–H and O–H groups in total. The van der Waals surface area contributed by atoms with E-state index in [2.05, 4.69) is 98.9 Å². The van der Waals surface area contributed by atoms with Crippen LogP contribution in [0.1, 0.15) is 213 Å². The van der Waals surface area contributed by atoms with Gasteiger partial charge >= 0.3 is 11.9 Å². The summed E-state index contributed by atoms with van der Waals surface area (Å²) in [6, 6.07) is 0. The lowest BCUT2D eigenvalue weighted by atomic mass is 10.0. The number of ether oxygens (including phenoxy) is 2. The number of nitrogens with zero attached hydrogens (tertiary/aromatic N) is 1. The maximum atomic E-state index is 12.7. The summed E-state index contributed by atoms with van der Waals surface area (Å²) >= 11 is 0. The summed E-state index contributed by atoms with van der Waals surface area (Å²) < 4.78 is 34.0. The quantitative estimate of drug-likeness (QED) is 0.0195. The molecule has 0 spiro atoms. The number of rotatable bonds is 48. The molecule has 0 radical (unpaired) electrons. The number of carbonyl (C=O) groups is 2. The topological polar surface area (TPSA) is 111 Å². The highest BCUT2D eigenvalue weighted by Gasteiger charge is 2.21. The van der Waals surface area contributed by atoms with Crippen molar-refractivity contribution in [2.45, 2.75) is 219 Å². The first-order chi connectivity index (χ1) is 32.5. The minimum Gasteiger partial charge on any atom is -0.756 e. The van der Waals surface area contributed by atoms with E-state index in [9.17, 15) is 19.0 Å². The molecule has 67 heavy (non-hydrogen) atoms. The third-order valence-corrected chi connectivity index (χ3v) is 12.1. The number of carbonyl (C=O) groups excluding carboxylic acids is 2. The van der Waals surface area contributed by atoms with E-state index in [0.717, 1.165) is 89.9 Å². The Labute approximate surface area is 411 Å². The van der Waals surface area contributed by atoms with Gasteiger partial charge in [-0.15, -0.1) is 0 Å². The molecule has 0 aliphatic rings. The average Bonchev–Trinajstić information content (AvgIpc) is 3.29. The van der Waals surface area contributed by atoms with Gasteiger partial charge in [0.1, 0.15) is 19.8 Å². The molecule has 0 aromatic carbocycles. The number of allylic oxidation sites excluding steroid dienone is 14. The summed E-state index contributed by atoms with van der Waals surface area (Å²) in [4.78, 5) is 37.7. The molecule has 0 heterocycles. The molecule has 0 rings (SSSR count). The van der Waals surface area contributed by atoms with E-state index in [1.54, 1.807) is 0 Å². The van der Waals surface area contributed by atoms with E-state index < -0.39 is 26.5 Å². The van der Waals surface area contributed by atoms with E-state index in [4.69, 9.17) is 18.5 Å². The fourth-order valence-electron chi connectivity index (χ4n) is 7.05. The second-order valence-electron chi connectivity index (χ2n) is 18.9. The van der Waals surface area contributed by atoms with Gasteiger partial charge in [-0.2, -0.15) is 0 Å². The van der Waals surface area contributed by atoms with Gasteiger partial charge in [-0.05, 0) is 70.6 Å². The van der Waals surface area contributed by atoms with Crippen LogP contribution in [-0.4, -0.2) is 70.0 Å². The van der Waals surface area contributed by atoms with E-state index >= 15 is 0 Å². The zero-order valence-corrected chi connectivity index (χ0v) is 44.5. The highest BCUT2D eigenvalue weighted by Crippen LogP contribution is 2.38. The van der Waals surface area contributed by atoms with E-state index in [1.165, 1.54) is 89.9 Å². The predicted octanol–water partition coefficient (Wildman–Crippen LogP) is 15.7. The standard InChI is InChI=1S/C57H100NO8P/c1-6-8-10-12-14-16-18-20-21-22-23-24-25-26-27-28-29-30-31-32-33-34-35-36-37-38-40-42-44-46-48-50-57(60)66-55(54-65-67(61,62)64-52-51-58(3,4)5)53-63-56(59)49-47-45-43-41-39-19-17-15-13-11-9-7-2/h8,10,14,16,20-21,23-24,26-27,29-30,32-33,55H,6-7,9,11-13,15,17-19,22,25,28,31,34-54H2,1-5H3/b10-8-,16-14-,21-20-,24-23-,27-26-,30-29-,33-32-. The summed E-state index contributed by atoms with van der Waals surface area (Å²) in [5.74, 6) is -0.842. The predicted molar refractivity (Wildman–Crippen MR) is 282 cm³/mol. The monoisotopic (exact) mass is 958 g/mol. The van der Waals surface area contributed by atoms with Crippen molar-refractivity contribution in [1.29, 1.82) is 0 Å². The van der Waals surface area contributed by atoms with Crippen LogP contribution in [-0.2, 0) is 32.7 Å². The van der Waals surface area contributed by atoms with Gasteiger partial charge in [0.2, 0.25) is 0 Å². The van der Waals surface area contributed by atoms with Gasteiger partial charge in [0, 0.05) is 12.8 Å². The second kappa shape index (κ2) is 48.2. The van der Waals surface area contributed by atoms with Crippen molar-refractivity contribution < 1.29 is 42.1 Å². The summed E-state index contributed by atoms with van der Waals surface area (Å²) in [7, 11) is 1.16. The van der Waals surface area contributed by atoms with Gasteiger partial charge in [0.05, 0.1) is 27.7 Å². The SMILES string of the molecule is CC/C=C\C/C=C\C/C=C\C/C=C\C/C=C\C/C=C\C/C=C\CCCCCCCCCCCC(=O)OC(COC(=O)CCCCCCCCCCCCCC)COP(=O)([O-])OCC[N+](C)(C)C. The Balaban J connectivity index is 4.16. The molecular formula is C57H100NO8P. The molecule has 0 amide bonds. The minimum absolute atomic E-state index is 0.0345. The molecule has 0 fully saturated rings. The fraction of sp³-hybridized carbons (Fsp3) is 0.719. The van der Waals surface area contributed by atoms with Crippen molar-refractivity contribution in [3.8, 4) is 0 Å². The molecule has 0 bridgehead atoms. The number of unbranched alkanes of at least 4 members (excludes halogenated alkanes) is 20. The number of phosphoric acid groups is 1. The van der Waals surface area contributed by atoms with Gasteiger partial charge in [0.25, 0.3) is 7.82 Å². The summed E-state index contributed by atoms with van der Waals surface area (Å²) in [6.07, 6.45) is 63.4. The number of hydrogen-bond acceptors (Lipinski definition) is 8. The van der Waals surface area contributed by atoms with E-state index in [1.807, 2.05) is 21.1 Å². The zero-order valence-electron chi connectivity index (χ0n) is 43.6. The van der Waals surface area contributed by atoms with Crippen LogP contribution in [0.4, 0.5) is 0 Å². The first kappa shape index (κ1) is 64.2. The lowest BCUT2D eigenvalue weighted by Gasteiger charge is -2.28. The third-order valence-electron chi connectivity index (χ3n) is 11.2. The van der Waals surface area contributed by atoms with Crippen LogP contribution >= 0.6 is 7.82 Å². The Bertz CT molecular complexity index is 1410. The van der Waals surface area contributed by atoms with Crippen LogP contribution in [0.3, 0.4) is 0 Å². The highest BCUT2D eigenvalue weighted by molar-refractivity contribution is 7.45. The van der Waals surface area contributed by atoms with Gasteiger partial charge in [0.15, 0.2) is 6.10 Å². The molecule has 0 aliphatic carbocycles. The van der Waals surface area contributed by atoms with Crippen molar-refractivity contribution in [2.24, 2.45) is 0 Å². The smallest absolute Gasteiger partial charge is 0.306 e. The number of hydrogen-bond donors (Lipinski definition) is 0. The van der Waals surface area contributed by atoms with Crippen molar-refractivity contribution in [3.05, 3.63) is 85.1 Å². The molecule has 0 aromatic heterocycles. The van der Waals surface area contributed by atoms with Gasteiger partial charge < -0.3 is 27.9 Å². The maximum Gasteiger partial charge on any atom is 0.306 e. The molecule has 0 saturated carbocycles. The van der Waals surface area contributed by atoms with Crippen LogP contribution in [0.5, 0.6) is 0 Å². The Hall–Kier alpha value is -2.81. The lowest BCUT2D eigenvalue weighted by Crippen LogP contribution is -2.37. The largest absolute Gasteiger partial charge is 0.756 e. The van der Waals surface area contributed by atoms with E-state index in [-0.39, 0.29) is 32.0 Å². The summed E-state index contributed by atoms with van der Waals surface area (Å²) in [5.41, 5.74) is 0. The van der Waals surface area contributed by atoms with Crippen LogP contribution in [0, 0.1) is 0 Å². The Morgan fingerprint density at radius 2 is 0.851 bits per heavy atom. The average molecular weight is 958 g/mol. The Morgan fingerprint density at radius 3 is 1.27 bits per heavy atom. The number of likely N-dealkylation sites (N-methyl/N-ethyl adjacent to an activating group) is 1. The number of phosphoric ester groups is 1. The first-order valence-electron chi connectivity index (χ1n) is 26.8. The zero-order chi connectivity index (χ0) is 49.2. The normalized spacial score (nSPS) is 14.1. The molecule has 386 valence electrons. The number of quaternary nitrogens is 1. The molecule has 9 nitrogen and oxygen atoms in total. The van der Waals surface area contributed by atoms with Crippen LogP contribution in [0.2, 0.25) is 0 Å². The Morgan fingerprint density at radius 1 is 0.478 bits per heavy atom. The molecule has 0 aliphatic heterocycles. The maximum absolute atomic E-state index is 12.7. The summed E-state index contributed by atoms with van der Waals surface area (Å²) in [6.45, 7) is 4.10. The third kappa shape index (κ3) is 52.4. The molecule has 2 atom stereocenters. The van der Waals surface area contributed by atoms with Crippen molar-refractivity contribution in [3.63, 3.8) is 0 Å². The van der Waals surface area contributed by atoms with Crippen LogP contribution in [0.25, 0.3) is 0 Å². The molecule has 10 heteroatoms. The van der Waals surface area contributed by atoms with Gasteiger partial charge in [-0.1, -0.05) is 214 Å². The molecule has 2 unspecified atom stereocenters. The molecule has 0 aromatic rings. The van der Waals surface area contributed by atoms with Crippen molar-refractivity contribution in [1.82, 2.24) is 0 Å². The van der Waals surface area contributed by atoms with Gasteiger partial charge in [-0.25, -0.2) is 0 Å². The number of esters is 2. The Kier molecular flexibility index (Phi) is 46.2.